The van der Waals surface area contributed by atoms with Crippen LogP contribution in [-0.2, 0) is 5.60 Å². The molecule has 0 saturated carbocycles. The Balaban J connectivity index is 3.32. The number of methoxy groups -OCH3 is 1. The van der Waals surface area contributed by atoms with Crippen molar-refractivity contribution in [2.45, 2.75) is 38.8 Å². The summed E-state index contributed by atoms with van der Waals surface area (Å²) in [5.41, 5.74) is 5.24. The number of rotatable bonds is 5. The second kappa shape index (κ2) is 4.84. The SMILES string of the molecule is CCC(O)(CN)c1c(OC)cnn1C(C)C. The van der Waals surface area contributed by atoms with Gasteiger partial charge in [0.25, 0.3) is 0 Å². The van der Waals surface area contributed by atoms with E-state index in [0.717, 1.165) is 0 Å². The summed E-state index contributed by atoms with van der Waals surface area (Å²) in [7, 11) is 1.57. The van der Waals surface area contributed by atoms with E-state index in [4.69, 9.17) is 10.5 Å². The predicted octanol–water partition coefficient (Wildman–Crippen LogP) is 1.03. The normalized spacial score (nSPS) is 15.2. The minimum absolute atomic E-state index is 0.151. The fraction of sp³-hybridized carbons (Fsp3) is 0.727. The summed E-state index contributed by atoms with van der Waals surface area (Å²) in [6, 6.07) is 0.156. The topological polar surface area (TPSA) is 73.3 Å². The molecular weight excluding hydrogens is 206 g/mol. The maximum Gasteiger partial charge on any atom is 0.163 e. The van der Waals surface area contributed by atoms with Gasteiger partial charge in [0.2, 0.25) is 0 Å². The lowest BCUT2D eigenvalue weighted by Gasteiger charge is -2.28. The van der Waals surface area contributed by atoms with Crippen LogP contribution in [0.5, 0.6) is 5.75 Å². The molecule has 0 aliphatic carbocycles. The largest absolute Gasteiger partial charge is 0.493 e. The number of ether oxygens (including phenoxy) is 1. The fourth-order valence-electron chi connectivity index (χ4n) is 1.74. The molecule has 1 unspecified atom stereocenters. The van der Waals surface area contributed by atoms with Crippen LogP contribution in [0.25, 0.3) is 0 Å². The monoisotopic (exact) mass is 227 g/mol. The molecule has 3 N–H and O–H groups in total. The minimum Gasteiger partial charge on any atom is -0.493 e. The Labute approximate surface area is 96.2 Å². The van der Waals surface area contributed by atoms with Gasteiger partial charge >= 0.3 is 0 Å². The lowest BCUT2D eigenvalue weighted by molar-refractivity contribution is 0.0289. The van der Waals surface area contributed by atoms with Crippen molar-refractivity contribution in [2.75, 3.05) is 13.7 Å². The highest BCUT2D eigenvalue weighted by Gasteiger charge is 2.34. The predicted molar refractivity (Wildman–Crippen MR) is 62.4 cm³/mol. The van der Waals surface area contributed by atoms with E-state index in [1.54, 1.807) is 18.0 Å². The zero-order chi connectivity index (χ0) is 12.3. The smallest absolute Gasteiger partial charge is 0.163 e. The van der Waals surface area contributed by atoms with Crippen LogP contribution in [0, 0.1) is 0 Å². The number of aromatic nitrogens is 2. The Bertz CT molecular complexity index is 343. The van der Waals surface area contributed by atoms with Crippen LogP contribution in [0.3, 0.4) is 0 Å². The van der Waals surface area contributed by atoms with Gasteiger partial charge in [0.15, 0.2) is 5.75 Å². The van der Waals surface area contributed by atoms with Gasteiger partial charge in [0.1, 0.15) is 11.3 Å². The van der Waals surface area contributed by atoms with Gasteiger partial charge < -0.3 is 15.6 Å². The lowest BCUT2D eigenvalue weighted by Crippen LogP contribution is -2.37. The van der Waals surface area contributed by atoms with Gasteiger partial charge in [-0.05, 0) is 20.3 Å². The number of aliphatic hydroxyl groups is 1. The van der Waals surface area contributed by atoms with E-state index in [1.807, 2.05) is 20.8 Å². The second-order valence-corrected chi connectivity index (χ2v) is 4.19. The molecule has 1 atom stereocenters. The standard InChI is InChI=1S/C11H21N3O2/c1-5-11(15,7-12)10-9(16-4)6-13-14(10)8(2)3/h6,8,15H,5,7,12H2,1-4H3. The minimum atomic E-state index is -1.08. The molecule has 1 rings (SSSR count). The van der Waals surface area contributed by atoms with Crippen molar-refractivity contribution in [3.05, 3.63) is 11.9 Å². The third kappa shape index (κ3) is 2.05. The first-order valence-corrected chi connectivity index (χ1v) is 5.54. The first-order valence-electron chi connectivity index (χ1n) is 5.54. The molecular formula is C11H21N3O2. The van der Waals surface area contributed by atoms with Crippen molar-refractivity contribution < 1.29 is 9.84 Å². The summed E-state index contributed by atoms with van der Waals surface area (Å²) in [6.45, 7) is 6.05. The molecule has 1 heterocycles. The van der Waals surface area contributed by atoms with E-state index in [2.05, 4.69) is 5.10 Å². The van der Waals surface area contributed by atoms with Crippen molar-refractivity contribution in [1.29, 1.82) is 0 Å². The molecule has 0 aliphatic rings. The molecule has 0 spiro atoms. The Morgan fingerprint density at radius 2 is 2.25 bits per heavy atom. The maximum absolute atomic E-state index is 10.5. The van der Waals surface area contributed by atoms with Crippen molar-refractivity contribution in [3.8, 4) is 5.75 Å². The molecule has 92 valence electrons. The van der Waals surface area contributed by atoms with E-state index in [9.17, 15) is 5.11 Å². The van der Waals surface area contributed by atoms with E-state index < -0.39 is 5.60 Å². The maximum atomic E-state index is 10.5. The summed E-state index contributed by atoms with van der Waals surface area (Å²) < 4.78 is 6.99. The average molecular weight is 227 g/mol. The number of hydrogen-bond acceptors (Lipinski definition) is 4. The van der Waals surface area contributed by atoms with Crippen molar-refractivity contribution in [3.63, 3.8) is 0 Å². The number of hydrogen-bond donors (Lipinski definition) is 2. The second-order valence-electron chi connectivity index (χ2n) is 4.19. The zero-order valence-corrected chi connectivity index (χ0v) is 10.4. The number of nitrogens with zero attached hydrogens (tertiary/aromatic N) is 2. The summed E-state index contributed by atoms with van der Waals surface area (Å²) in [6.07, 6.45) is 2.14. The third-order valence-electron chi connectivity index (χ3n) is 2.83. The van der Waals surface area contributed by atoms with Crippen LogP contribution < -0.4 is 10.5 Å². The highest BCUT2D eigenvalue weighted by molar-refractivity contribution is 5.31. The van der Waals surface area contributed by atoms with E-state index in [1.165, 1.54) is 0 Å². The van der Waals surface area contributed by atoms with Crippen molar-refractivity contribution in [2.24, 2.45) is 5.73 Å². The van der Waals surface area contributed by atoms with Crippen molar-refractivity contribution >= 4 is 0 Å². The van der Waals surface area contributed by atoms with Gasteiger partial charge in [-0.1, -0.05) is 6.92 Å². The molecule has 0 bridgehead atoms. The zero-order valence-electron chi connectivity index (χ0n) is 10.4. The third-order valence-corrected chi connectivity index (χ3v) is 2.83. The molecule has 0 radical (unpaired) electrons. The molecule has 0 saturated heterocycles. The number of nitrogens with two attached hydrogens (primary N) is 1. The van der Waals surface area contributed by atoms with E-state index >= 15 is 0 Å². The quantitative estimate of drug-likeness (QED) is 0.788. The molecule has 0 fully saturated rings. The Hall–Kier alpha value is -1.07. The van der Waals surface area contributed by atoms with Gasteiger partial charge in [-0.25, -0.2) is 0 Å². The Morgan fingerprint density at radius 1 is 1.62 bits per heavy atom. The summed E-state index contributed by atoms with van der Waals surface area (Å²) in [4.78, 5) is 0. The lowest BCUT2D eigenvalue weighted by atomic mass is 9.95. The highest BCUT2D eigenvalue weighted by atomic mass is 16.5. The van der Waals surface area contributed by atoms with Gasteiger partial charge in [0.05, 0.1) is 13.3 Å². The van der Waals surface area contributed by atoms with Gasteiger partial charge in [0, 0.05) is 12.6 Å². The van der Waals surface area contributed by atoms with Crippen LogP contribution in [-0.4, -0.2) is 28.5 Å². The molecule has 16 heavy (non-hydrogen) atoms. The molecule has 5 nitrogen and oxygen atoms in total. The Morgan fingerprint density at radius 3 is 2.62 bits per heavy atom. The Kier molecular flexibility index (Phi) is 3.93. The first-order chi connectivity index (χ1) is 7.50. The van der Waals surface area contributed by atoms with E-state index in [-0.39, 0.29) is 12.6 Å². The fourth-order valence-corrected chi connectivity index (χ4v) is 1.74. The van der Waals surface area contributed by atoms with Gasteiger partial charge in [-0.2, -0.15) is 5.10 Å². The highest BCUT2D eigenvalue weighted by Crippen LogP contribution is 2.33. The summed E-state index contributed by atoms with van der Waals surface area (Å²) in [5.74, 6) is 0.587. The first kappa shape index (κ1) is 13.0. The summed E-state index contributed by atoms with van der Waals surface area (Å²) in [5, 5.41) is 14.7. The van der Waals surface area contributed by atoms with Gasteiger partial charge in [-0.15, -0.1) is 0 Å². The molecule has 0 aliphatic heterocycles. The van der Waals surface area contributed by atoms with Crippen LogP contribution >= 0.6 is 0 Å². The molecule has 0 amide bonds. The molecule has 0 aromatic carbocycles. The molecule has 5 heteroatoms. The van der Waals surface area contributed by atoms with Crippen molar-refractivity contribution in [1.82, 2.24) is 9.78 Å². The summed E-state index contributed by atoms with van der Waals surface area (Å²) >= 11 is 0. The molecule has 1 aromatic heterocycles. The van der Waals surface area contributed by atoms with E-state index in [0.29, 0.717) is 17.9 Å². The molecule has 1 aromatic rings. The van der Waals surface area contributed by atoms with Gasteiger partial charge in [-0.3, -0.25) is 4.68 Å². The van der Waals surface area contributed by atoms with Crippen LogP contribution in [0.4, 0.5) is 0 Å². The van der Waals surface area contributed by atoms with Crippen LogP contribution in [0.15, 0.2) is 6.20 Å². The van der Waals surface area contributed by atoms with Crippen LogP contribution in [0.2, 0.25) is 0 Å². The average Bonchev–Trinajstić information content (AvgIpc) is 2.72. The van der Waals surface area contributed by atoms with Crippen LogP contribution in [0.1, 0.15) is 38.9 Å².